The third-order valence-corrected chi connectivity index (χ3v) is 12.8. The van der Waals surface area contributed by atoms with E-state index in [0.29, 0.717) is 43.1 Å². The molecule has 1 unspecified atom stereocenters. The predicted molar refractivity (Wildman–Crippen MR) is 201 cm³/mol. The summed E-state index contributed by atoms with van der Waals surface area (Å²) in [6.07, 6.45) is 8.63. The average Bonchev–Trinajstić information content (AvgIpc) is 4.10. The van der Waals surface area contributed by atoms with E-state index < -0.39 is 74.4 Å². The highest BCUT2D eigenvalue weighted by molar-refractivity contribution is 7.91. The highest BCUT2D eigenvalue weighted by Crippen LogP contribution is 2.46. The van der Waals surface area contributed by atoms with Crippen molar-refractivity contribution < 1.29 is 36.7 Å². The van der Waals surface area contributed by atoms with Crippen LogP contribution in [0.4, 0.5) is 4.39 Å². The van der Waals surface area contributed by atoms with Crippen LogP contribution >= 0.6 is 0 Å². The summed E-state index contributed by atoms with van der Waals surface area (Å²) < 4.78 is 49.1. The molecule has 0 bridgehead atoms. The van der Waals surface area contributed by atoms with Gasteiger partial charge in [0, 0.05) is 29.3 Å². The van der Waals surface area contributed by atoms with Crippen molar-refractivity contribution in [3.63, 3.8) is 0 Å². The van der Waals surface area contributed by atoms with Gasteiger partial charge in [-0.2, -0.15) is 4.98 Å². The van der Waals surface area contributed by atoms with E-state index in [4.69, 9.17) is 9.72 Å². The smallest absolute Gasteiger partial charge is 0.259 e. The number of aromatic nitrogens is 2. The number of ether oxygens (including phenoxy) is 1. The normalized spacial score (nSPS) is 26.5. The molecule has 2 aromatic heterocycles. The van der Waals surface area contributed by atoms with Crippen LogP contribution in [0.1, 0.15) is 68.1 Å². The zero-order chi connectivity index (χ0) is 38.3. The molecule has 2 aliphatic carbocycles. The van der Waals surface area contributed by atoms with Crippen LogP contribution in [0.5, 0.6) is 5.88 Å². The molecule has 2 aromatic carbocycles. The van der Waals surface area contributed by atoms with Crippen LogP contribution in [0.15, 0.2) is 79.0 Å². The Bertz CT molecular complexity index is 2340. The third-order valence-electron chi connectivity index (χ3n) is 11.0. The zero-order valence-corrected chi connectivity index (χ0v) is 30.8. The summed E-state index contributed by atoms with van der Waals surface area (Å²) in [7, 11) is -3.92. The molecule has 8 rings (SSSR count). The molecule has 1 saturated heterocycles. The summed E-state index contributed by atoms with van der Waals surface area (Å²) >= 11 is 0. The first kappa shape index (κ1) is 36.5. The summed E-state index contributed by atoms with van der Waals surface area (Å²) in [6.45, 7) is -0.0716. The van der Waals surface area contributed by atoms with E-state index in [2.05, 4.69) is 20.3 Å². The first-order valence-corrected chi connectivity index (χ1v) is 20.3. The largest absolute Gasteiger partial charge is 0.472 e. The van der Waals surface area contributed by atoms with Crippen LogP contribution in [0.25, 0.3) is 21.8 Å². The minimum atomic E-state index is -3.92. The average molecular weight is 769 g/mol. The van der Waals surface area contributed by atoms with Gasteiger partial charge in [-0.15, -0.1) is 0 Å². The van der Waals surface area contributed by atoms with E-state index in [1.54, 1.807) is 6.20 Å². The quantitative estimate of drug-likeness (QED) is 0.185. The topological polar surface area (TPSA) is 177 Å². The molecule has 4 heterocycles. The van der Waals surface area contributed by atoms with Crippen molar-refractivity contribution in [3.8, 4) is 5.88 Å². The highest BCUT2D eigenvalue weighted by atomic mass is 32.2. The van der Waals surface area contributed by atoms with E-state index in [1.807, 2.05) is 48.6 Å². The Morgan fingerprint density at radius 1 is 0.945 bits per heavy atom. The van der Waals surface area contributed by atoms with E-state index in [0.717, 1.165) is 23.3 Å². The van der Waals surface area contributed by atoms with E-state index in [1.165, 1.54) is 23.1 Å². The standard InChI is InChI=1S/C40H41FN6O7S/c41-31-16-9-8-14-30(31)35(48)43-32-17-5-3-1-2-4-11-24-22-40(24,39(51)46-55(52,53)26-18-19-26)45-36(49)33-21-25(23-47(33)38(32)50)54-37-29-13-7-6-12-27(29)28-15-10-20-42-34(28)44-37/h4,6-16,20,24-26,32-33H,1-3,5,17-19,21-23H2,(H,43,48)(H,45,49)(H,46,51)/b11-4-/t24?,25-,32+,33+,40-/m1/s1. The van der Waals surface area contributed by atoms with Gasteiger partial charge in [-0.1, -0.05) is 55.3 Å². The van der Waals surface area contributed by atoms with Crippen LogP contribution in [0, 0.1) is 11.7 Å². The van der Waals surface area contributed by atoms with Crippen LogP contribution in [0.2, 0.25) is 0 Å². The van der Waals surface area contributed by atoms with E-state index in [9.17, 15) is 32.0 Å². The number of pyridine rings is 2. The molecular formula is C40H41FN6O7S. The summed E-state index contributed by atoms with van der Waals surface area (Å²) in [5.74, 6) is -3.74. The van der Waals surface area contributed by atoms with E-state index >= 15 is 0 Å². The fourth-order valence-corrected chi connectivity index (χ4v) is 9.10. The number of allylic oxidation sites excluding steroid dienone is 1. The number of amides is 4. The minimum Gasteiger partial charge on any atom is -0.472 e. The molecule has 0 spiro atoms. The first-order valence-electron chi connectivity index (χ1n) is 18.7. The lowest BCUT2D eigenvalue weighted by molar-refractivity contribution is -0.141. The molecule has 4 amide bonds. The van der Waals surface area contributed by atoms with Crippen molar-refractivity contribution in [1.82, 2.24) is 30.2 Å². The monoisotopic (exact) mass is 768 g/mol. The number of benzene rings is 2. The van der Waals surface area contributed by atoms with Gasteiger partial charge in [-0.3, -0.25) is 23.9 Å². The third kappa shape index (κ3) is 7.36. The lowest BCUT2D eigenvalue weighted by Gasteiger charge is -2.30. The zero-order valence-electron chi connectivity index (χ0n) is 29.9. The lowest BCUT2D eigenvalue weighted by Crippen LogP contribution is -2.58. The molecule has 2 saturated carbocycles. The molecule has 13 nitrogen and oxygen atoms in total. The van der Waals surface area contributed by atoms with Gasteiger partial charge < -0.3 is 20.3 Å². The molecule has 5 atom stereocenters. The maximum absolute atomic E-state index is 14.7. The number of rotatable bonds is 7. The Labute approximate surface area is 317 Å². The summed E-state index contributed by atoms with van der Waals surface area (Å²) in [6, 6.07) is 14.5. The van der Waals surface area contributed by atoms with Gasteiger partial charge in [-0.05, 0) is 74.2 Å². The van der Waals surface area contributed by atoms with Crippen LogP contribution < -0.4 is 20.1 Å². The number of nitrogens with zero attached hydrogens (tertiary/aromatic N) is 3. The second kappa shape index (κ2) is 14.7. The number of hydrogen-bond donors (Lipinski definition) is 3. The Hall–Kier alpha value is -5.44. The molecule has 4 aromatic rings. The van der Waals surface area contributed by atoms with Crippen molar-refractivity contribution in [2.75, 3.05) is 6.54 Å². The molecule has 0 radical (unpaired) electrons. The number of fused-ring (bicyclic) bond motifs is 5. The molecule has 2 aliphatic heterocycles. The number of carbonyl (C=O) groups is 4. The van der Waals surface area contributed by atoms with Gasteiger partial charge in [0.25, 0.3) is 11.8 Å². The van der Waals surface area contributed by atoms with Crippen molar-refractivity contribution in [2.45, 2.75) is 86.8 Å². The van der Waals surface area contributed by atoms with Gasteiger partial charge in [0.05, 0.1) is 17.4 Å². The maximum atomic E-state index is 14.7. The fourth-order valence-electron chi connectivity index (χ4n) is 7.73. The summed E-state index contributed by atoms with van der Waals surface area (Å²) in [4.78, 5) is 66.6. The van der Waals surface area contributed by atoms with Crippen molar-refractivity contribution in [2.24, 2.45) is 5.92 Å². The molecule has 3 N–H and O–H groups in total. The first-order chi connectivity index (χ1) is 26.5. The minimum absolute atomic E-state index is 0.000390. The number of carbonyl (C=O) groups excluding carboxylic acids is 4. The Kier molecular flexibility index (Phi) is 9.74. The Balaban J connectivity index is 1.13. The second-order valence-corrected chi connectivity index (χ2v) is 16.8. The van der Waals surface area contributed by atoms with Gasteiger partial charge >= 0.3 is 0 Å². The molecule has 3 fully saturated rings. The maximum Gasteiger partial charge on any atom is 0.259 e. The number of nitrogens with one attached hydrogen (secondary N) is 3. The lowest BCUT2D eigenvalue weighted by atomic mass is 10.0. The SMILES string of the molecule is O=C(N[C@H]1CCCCC/C=C\C2C[C@@]2(C(=O)NS(=O)(=O)C2CC2)NC(=O)[C@@H]2C[C@@H](Oc3nc4ncccc4c4ccccc34)CN2C1=O)c1ccccc1F. The van der Waals surface area contributed by atoms with Gasteiger partial charge in [0.1, 0.15) is 29.5 Å². The Morgan fingerprint density at radius 3 is 2.51 bits per heavy atom. The number of halogens is 1. The molecule has 15 heteroatoms. The predicted octanol–water partition coefficient (Wildman–Crippen LogP) is 4.07. The number of hydrogen-bond acceptors (Lipinski definition) is 9. The summed E-state index contributed by atoms with van der Waals surface area (Å²) in [5.41, 5.74) is -1.30. The highest BCUT2D eigenvalue weighted by Gasteiger charge is 2.62. The van der Waals surface area contributed by atoms with Gasteiger partial charge in [-0.25, -0.2) is 17.8 Å². The van der Waals surface area contributed by atoms with Crippen LogP contribution in [-0.2, 0) is 24.4 Å². The van der Waals surface area contributed by atoms with Crippen LogP contribution in [-0.4, -0.2) is 82.4 Å². The van der Waals surface area contributed by atoms with Gasteiger partial charge in [0.2, 0.25) is 27.7 Å². The fraction of sp³-hybridized carbons (Fsp3) is 0.400. The number of sulfonamides is 1. The van der Waals surface area contributed by atoms with Crippen molar-refractivity contribution in [3.05, 3.63) is 90.4 Å². The van der Waals surface area contributed by atoms with Crippen molar-refractivity contribution in [1.29, 1.82) is 0 Å². The molecule has 4 aliphatic rings. The molecule has 55 heavy (non-hydrogen) atoms. The molecule has 286 valence electrons. The van der Waals surface area contributed by atoms with Gasteiger partial charge in [0.15, 0.2) is 5.65 Å². The molecular weight excluding hydrogens is 728 g/mol. The van der Waals surface area contributed by atoms with E-state index in [-0.39, 0.29) is 37.3 Å². The summed E-state index contributed by atoms with van der Waals surface area (Å²) in [5, 5.41) is 7.33. The second-order valence-electron chi connectivity index (χ2n) is 14.8. The van der Waals surface area contributed by atoms with Crippen molar-refractivity contribution >= 4 is 55.5 Å². The van der Waals surface area contributed by atoms with Crippen LogP contribution in [0.3, 0.4) is 0 Å². The Morgan fingerprint density at radius 2 is 1.71 bits per heavy atom.